The van der Waals surface area contributed by atoms with Gasteiger partial charge in [0.25, 0.3) is 5.91 Å². The lowest BCUT2D eigenvalue weighted by Gasteiger charge is -2.09. The first-order chi connectivity index (χ1) is 13.1. The van der Waals surface area contributed by atoms with Crippen LogP contribution in [0.1, 0.15) is 10.4 Å². The topological polar surface area (TPSA) is 94.3 Å². The van der Waals surface area contributed by atoms with Crippen LogP contribution in [0.15, 0.2) is 55.2 Å². The fraction of sp³-hybridized carbons (Fsp3) is 0. The lowest BCUT2D eigenvalue weighted by Crippen LogP contribution is -2.15. The van der Waals surface area contributed by atoms with E-state index in [1.54, 1.807) is 0 Å². The summed E-state index contributed by atoms with van der Waals surface area (Å²) < 4.78 is 33.5. The van der Waals surface area contributed by atoms with Gasteiger partial charge in [0.1, 0.15) is 29.5 Å². The van der Waals surface area contributed by atoms with Crippen LogP contribution in [-0.2, 0) is 0 Å². The summed E-state index contributed by atoms with van der Waals surface area (Å²) >= 11 is 0. The van der Waals surface area contributed by atoms with E-state index in [9.17, 15) is 13.6 Å². The standard InChI is InChI=1S/C17H10F2N6O2/c18-10-4-11(7-20-6-10)27-12-5-13(16-24-21-9-25(16)8-12)17(26)23-15-3-1-2-14(19)22-15/h1-9H,(H,22,23,26). The summed E-state index contributed by atoms with van der Waals surface area (Å²) in [6.45, 7) is 0. The van der Waals surface area contributed by atoms with Crippen molar-refractivity contribution in [2.75, 3.05) is 5.32 Å². The van der Waals surface area contributed by atoms with E-state index < -0.39 is 17.7 Å². The molecule has 4 rings (SSSR count). The molecular formula is C17H10F2N6O2. The predicted molar refractivity (Wildman–Crippen MR) is 89.4 cm³/mol. The van der Waals surface area contributed by atoms with E-state index >= 15 is 0 Å². The third kappa shape index (κ3) is 3.54. The molecule has 0 saturated carbocycles. The molecular weight excluding hydrogens is 358 g/mol. The van der Waals surface area contributed by atoms with Gasteiger partial charge in [-0.2, -0.15) is 4.39 Å². The Morgan fingerprint density at radius 2 is 2.04 bits per heavy atom. The molecule has 0 saturated heterocycles. The van der Waals surface area contributed by atoms with Crippen molar-refractivity contribution in [2.24, 2.45) is 0 Å². The van der Waals surface area contributed by atoms with Crippen molar-refractivity contribution in [1.29, 1.82) is 0 Å². The molecule has 0 fully saturated rings. The number of carbonyl (C=O) groups is 1. The van der Waals surface area contributed by atoms with Crippen LogP contribution in [0, 0.1) is 11.8 Å². The fourth-order valence-corrected chi connectivity index (χ4v) is 2.38. The monoisotopic (exact) mass is 368 g/mol. The number of nitrogens with one attached hydrogen (secondary N) is 1. The van der Waals surface area contributed by atoms with Gasteiger partial charge in [0.15, 0.2) is 5.65 Å². The Morgan fingerprint density at radius 3 is 2.85 bits per heavy atom. The Labute approximate surface area is 150 Å². The van der Waals surface area contributed by atoms with Gasteiger partial charge in [0.05, 0.1) is 24.2 Å². The summed E-state index contributed by atoms with van der Waals surface area (Å²) in [7, 11) is 0. The quantitative estimate of drug-likeness (QED) is 0.557. The highest BCUT2D eigenvalue weighted by Gasteiger charge is 2.16. The maximum Gasteiger partial charge on any atom is 0.260 e. The molecule has 0 aliphatic carbocycles. The first kappa shape index (κ1) is 16.5. The molecule has 0 spiro atoms. The zero-order valence-electron chi connectivity index (χ0n) is 13.5. The number of pyridine rings is 3. The molecule has 1 N–H and O–H groups in total. The number of hydrogen-bond donors (Lipinski definition) is 1. The highest BCUT2D eigenvalue weighted by atomic mass is 19.1. The second kappa shape index (κ2) is 6.75. The van der Waals surface area contributed by atoms with Crippen LogP contribution >= 0.6 is 0 Å². The molecule has 4 aromatic rings. The third-order valence-electron chi connectivity index (χ3n) is 3.48. The Bertz CT molecular complexity index is 1150. The minimum Gasteiger partial charge on any atom is -0.454 e. The Balaban J connectivity index is 1.69. The van der Waals surface area contributed by atoms with Crippen LogP contribution in [0.4, 0.5) is 14.6 Å². The largest absolute Gasteiger partial charge is 0.454 e. The summed E-state index contributed by atoms with van der Waals surface area (Å²) in [5, 5.41) is 10.1. The predicted octanol–water partition coefficient (Wildman–Crippen LogP) is 2.84. The van der Waals surface area contributed by atoms with Gasteiger partial charge in [-0.1, -0.05) is 6.07 Å². The molecule has 0 aliphatic heterocycles. The number of ether oxygens (including phenoxy) is 1. The van der Waals surface area contributed by atoms with Gasteiger partial charge in [-0.05, 0) is 18.2 Å². The Kier molecular flexibility index (Phi) is 4.13. The first-order valence-corrected chi connectivity index (χ1v) is 7.64. The summed E-state index contributed by atoms with van der Waals surface area (Å²) in [6.07, 6.45) is 5.28. The molecule has 0 atom stereocenters. The van der Waals surface area contributed by atoms with E-state index in [2.05, 4.69) is 25.5 Å². The van der Waals surface area contributed by atoms with Crippen LogP contribution in [0.5, 0.6) is 11.5 Å². The van der Waals surface area contributed by atoms with Crippen molar-refractivity contribution < 1.29 is 18.3 Å². The van der Waals surface area contributed by atoms with Crippen molar-refractivity contribution in [3.63, 3.8) is 0 Å². The summed E-state index contributed by atoms with van der Waals surface area (Å²) in [4.78, 5) is 19.9. The number of fused-ring (bicyclic) bond motifs is 1. The van der Waals surface area contributed by atoms with Crippen molar-refractivity contribution in [2.45, 2.75) is 0 Å². The van der Waals surface area contributed by atoms with Gasteiger partial charge in [-0.15, -0.1) is 10.2 Å². The second-order valence-corrected chi connectivity index (χ2v) is 5.39. The SMILES string of the molecule is O=C(Nc1cccc(F)n1)c1cc(Oc2cncc(F)c2)cn2cnnc12. The molecule has 1 amide bonds. The van der Waals surface area contributed by atoms with Gasteiger partial charge in [-0.3, -0.25) is 14.2 Å². The number of anilines is 1. The number of carbonyl (C=O) groups excluding carboxylic acids is 1. The molecule has 0 aromatic carbocycles. The number of rotatable bonds is 4. The average molecular weight is 368 g/mol. The van der Waals surface area contributed by atoms with Crippen molar-refractivity contribution in [1.82, 2.24) is 24.6 Å². The lowest BCUT2D eigenvalue weighted by molar-refractivity contribution is 0.102. The minimum atomic E-state index is -0.726. The maximum absolute atomic E-state index is 13.3. The molecule has 134 valence electrons. The van der Waals surface area contributed by atoms with E-state index in [4.69, 9.17) is 4.74 Å². The molecule has 0 aliphatic rings. The van der Waals surface area contributed by atoms with Crippen molar-refractivity contribution in [3.05, 3.63) is 72.6 Å². The van der Waals surface area contributed by atoms with Gasteiger partial charge >= 0.3 is 0 Å². The zero-order valence-corrected chi connectivity index (χ0v) is 13.5. The minimum absolute atomic E-state index is 0.0401. The highest BCUT2D eigenvalue weighted by molar-refractivity contribution is 6.08. The number of aromatic nitrogens is 5. The van der Waals surface area contributed by atoms with Crippen molar-refractivity contribution >= 4 is 17.4 Å². The Hall–Kier alpha value is -3.95. The van der Waals surface area contributed by atoms with Gasteiger partial charge in [0.2, 0.25) is 5.95 Å². The fourth-order valence-electron chi connectivity index (χ4n) is 2.38. The number of hydrogen-bond acceptors (Lipinski definition) is 6. The maximum atomic E-state index is 13.3. The molecule has 10 heteroatoms. The van der Waals surface area contributed by atoms with E-state index in [1.807, 2.05) is 0 Å². The number of halogens is 2. The van der Waals surface area contributed by atoms with Crippen LogP contribution in [0.3, 0.4) is 0 Å². The molecule has 0 unspecified atom stereocenters. The Morgan fingerprint density at radius 1 is 1.15 bits per heavy atom. The zero-order chi connectivity index (χ0) is 18.8. The van der Waals surface area contributed by atoms with Crippen LogP contribution in [-0.4, -0.2) is 30.5 Å². The van der Waals surface area contributed by atoms with Crippen molar-refractivity contribution in [3.8, 4) is 11.5 Å². The van der Waals surface area contributed by atoms with Gasteiger partial charge in [0, 0.05) is 6.07 Å². The lowest BCUT2D eigenvalue weighted by atomic mass is 10.2. The van der Waals surface area contributed by atoms with Crippen LogP contribution < -0.4 is 10.1 Å². The number of amides is 1. The van der Waals surface area contributed by atoms with E-state index in [1.165, 1.54) is 41.3 Å². The van der Waals surface area contributed by atoms with Gasteiger partial charge < -0.3 is 10.1 Å². The molecule has 4 aromatic heterocycles. The summed E-state index contributed by atoms with van der Waals surface area (Å²) in [5.74, 6) is -1.45. The first-order valence-electron chi connectivity index (χ1n) is 7.64. The summed E-state index contributed by atoms with van der Waals surface area (Å²) in [5.41, 5.74) is 0.369. The summed E-state index contributed by atoms with van der Waals surface area (Å²) in [6, 6.07) is 6.58. The third-order valence-corrected chi connectivity index (χ3v) is 3.48. The normalized spacial score (nSPS) is 10.7. The molecule has 4 heterocycles. The second-order valence-electron chi connectivity index (χ2n) is 5.39. The van der Waals surface area contributed by atoms with E-state index in [0.29, 0.717) is 0 Å². The molecule has 27 heavy (non-hydrogen) atoms. The van der Waals surface area contributed by atoms with E-state index in [-0.39, 0.29) is 28.5 Å². The number of nitrogens with zero attached hydrogens (tertiary/aromatic N) is 5. The molecule has 0 radical (unpaired) electrons. The highest BCUT2D eigenvalue weighted by Crippen LogP contribution is 2.24. The average Bonchev–Trinajstić information content (AvgIpc) is 3.09. The molecule has 8 nitrogen and oxygen atoms in total. The molecule has 0 bridgehead atoms. The smallest absolute Gasteiger partial charge is 0.260 e. The van der Waals surface area contributed by atoms with Crippen LogP contribution in [0.2, 0.25) is 0 Å². The van der Waals surface area contributed by atoms with E-state index in [0.717, 1.165) is 18.3 Å². The van der Waals surface area contributed by atoms with Gasteiger partial charge in [-0.25, -0.2) is 9.37 Å². The van der Waals surface area contributed by atoms with Crippen LogP contribution in [0.25, 0.3) is 5.65 Å².